The average molecular weight is 1360 g/mol. The Morgan fingerprint density at radius 3 is 0.709 bits per heavy atom. The summed E-state index contributed by atoms with van der Waals surface area (Å²) in [5.74, 6) is 0. The van der Waals surface area contributed by atoms with Crippen molar-refractivity contribution in [2.45, 2.75) is 60.2 Å². The van der Waals surface area contributed by atoms with E-state index in [1.165, 1.54) is 75.8 Å². The first-order chi connectivity index (χ1) is 54.7. The molecule has 2 heteroatoms. The van der Waals surface area contributed by atoms with Gasteiger partial charge in [0.05, 0.1) is 11.4 Å². The van der Waals surface area contributed by atoms with Crippen LogP contribution in [-0.2, 0) is 34.5 Å². The highest BCUT2D eigenvalue weighted by atomic mass is 15.0. The van der Waals surface area contributed by atoms with E-state index in [1.807, 2.05) is 0 Å². The van der Waals surface area contributed by atoms with E-state index in [1.54, 1.807) is 303 Å². The molecule has 0 amide bonds. The van der Waals surface area contributed by atoms with Gasteiger partial charge in [0.25, 0.3) is 0 Å². The molecule has 12 bridgehead atoms. The third kappa shape index (κ3) is 2.99. The molecule has 2 nitrogen and oxygen atoms in total. The van der Waals surface area contributed by atoms with Crippen LogP contribution in [0.2, 0.25) is 0 Å². The maximum absolute atomic E-state index is 6.56. The van der Waals surface area contributed by atoms with Crippen LogP contribution in [0.1, 0.15) is 81.3 Å². The van der Waals surface area contributed by atoms with Gasteiger partial charge in [-0.15, -0.1) is 0 Å². The zero-order chi connectivity index (χ0) is 67.2. The van der Waals surface area contributed by atoms with Crippen LogP contribution in [0.4, 0.5) is 11.4 Å². The second-order valence-electron chi connectivity index (χ2n) is 38.9. The van der Waals surface area contributed by atoms with Crippen molar-refractivity contribution in [1.29, 1.82) is 0 Å². The Labute approximate surface area is 613 Å². The zero-order valence-electron chi connectivity index (χ0n) is 58.0. The van der Waals surface area contributed by atoms with Crippen LogP contribution in [-0.4, -0.2) is 12.4 Å². The summed E-state index contributed by atoms with van der Waals surface area (Å²) in [6, 6.07) is 53.0. The zero-order valence-corrected chi connectivity index (χ0v) is 58.0. The number of benzene rings is 25. The first-order valence-electron chi connectivity index (χ1n) is 41.2. The van der Waals surface area contributed by atoms with Crippen molar-refractivity contribution in [2.75, 3.05) is 0 Å². The molecule has 2 fully saturated rings. The van der Waals surface area contributed by atoms with Gasteiger partial charge < -0.3 is 0 Å². The second kappa shape index (κ2) is 11.8. The molecule has 0 aliphatic heterocycles. The van der Waals surface area contributed by atoms with Crippen LogP contribution in [0.5, 0.6) is 0 Å². The highest BCUT2D eigenvalue weighted by Gasteiger charge is 2.99. The van der Waals surface area contributed by atoms with Crippen molar-refractivity contribution in [3.8, 4) is 11.1 Å². The molecule has 14 aliphatic carbocycles. The molecule has 47 rings (SSSR count). The van der Waals surface area contributed by atoms with Gasteiger partial charge in [-0.2, -0.15) is 0 Å². The van der Waals surface area contributed by atoms with Crippen LogP contribution in [0.15, 0.2) is 143 Å². The molecule has 4 spiro atoms. The van der Waals surface area contributed by atoms with Gasteiger partial charge >= 0.3 is 0 Å². The van der Waals surface area contributed by atoms with Gasteiger partial charge in [-0.3, -0.25) is 9.98 Å². The van der Waals surface area contributed by atoms with E-state index in [2.05, 4.69) is 146 Å². The van der Waals surface area contributed by atoms with Crippen molar-refractivity contribution in [3.63, 3.8) is 0 Å². The minimum Gasteiger partial charge on any atom is -0.260 e. The lowest BCUT2D eigenvalue weighted by Gasteiger charge is -2.34. The number of nitrogens with zero attached hydrogens (tertiary/aromatic N) is 2. The minimum absolute atomic E-state index is 0.439. The van der Waals surface area contributed by atoms with E-state index in [0.717, 1.165) is 49.9 Å². The van der Waals surface area contributed by atoms with Gasteiger partial charge in [0, 0.05) is 55.7 Å². The Kier molecular flexibility index (Phi) is 4.99. The number of hydrogen-bond donors (Lipinski definition) is 0. The predicted molar refractivity (Wildman–Crippen MR) is 460 cm³/mol. The van der Waals surface area contributed by atoms with Crippen LogP contribution in [0.3, 0.4) is 0 Å². The summed E-state index contributed by atoms with van der Waals surface area (Å²) in [5.41, 5.74) is 20.0. The molecule has 0 radical (unpaired) electrons. The van der Waals surface area contributed by atoms with E-state index < -0.39 is 32.5 Å². The highest BCUT2D eigenvalue weighted by molar-refractivity contribution is 6.79. The average Bonchev–Trinajstić information content (AvgIpc) is 1.34. The lowest BCUT2D eigenvalue weighted by molar-refractivity contribution is 0.519. The van der Waals surface area contributed by atoms with Crippen LogP contribution in [0, 0.1) is 10.8 Å². The maximum atomic E-state index is 6.56. The predicted octanol–water partition coefficient (Wildman–Crippen LogP) is 27.8. The normalized spacial score (nSPS) is 25.7. The molecular weight excluding hydrogens is 1330 g/mol. The molecule has 3 unspecified atom stereocenters. The Morgan fingerprint density at radius 2 is 0.418 bits per heavy atom. The molecule has 2 saturated carbocycles. The molecule has 0 saturated heterocycles. The summed E-state index contributed by atoms with van der Waals surface area (Å²) in [6.07, 6.45) is 12.0. The summed E-state index contributed by atoms with van der Waals surface area (Å²) < 4.78 is 0. The van der Waals surface area contributed by atoms with Crippen molar-refractivity contribution < 1.29 is 0 Å². The minimum atomic E-state index is -0.462. The van der Waals surface area contributed by atoms with Gasteiger partial charge in [0.2, 0.25) is 0 Å². The molecule has 3 atom stereocenters. The van der Waals surface area contributed by atoms with Crippen molar-refractivity contribution in [3.05, 3.63) is 189 Å². The van der Waals surface area contributed by atoms with Crippen molar-refractivity contribution in [2.24, 2.45) is 20.8 Å². The van der Waals surface area contributed by atoms with E-state index in [9.17, 15) is 0 Å². The molecule has 478 valence electrons. The highest BCUT2D eigenvalue weighted by Crippen LogP contribution is 3.03. The quantitative estimate of drug-likeness (QED) is 0.124. The van der Waals surface area contributed by atoms with Crippen LogP contribution in [0.25, 0.3) is 324 Å². The monoisotopic (exact) mass is 1360 g/mol. The Balaban J connectivity index is 0.789. The Bertz CT molecular complexity index is 10400. The third-order valence-corrected chi connectivity index (χ3v) is 37.6. The van der Waals surface area contributed by atoms with E-state index in [4.69, 9.17) is 9.98 Å². The van der Waals surface area contributed by atoms with Crippen molar-refractivity contribution >= 4 is 336 Å². The van der Waals surface area contributed by atoms with Crippen LogP contribution < -0.4 is 0 Å². The maximum Gasteiger partial charge on any atom is 0.0704 e. The fraction of sp³-hybridized carbons (Fsp3) is 0.111. The topological polar surface area (TPSA) is 24.7 Å². The number of aliphatic imine (C=N–C) groups is 2. The fourth-order valence-corrected chi connectivity index (χ4v) is 36.4. The van der Waals surface area contributed by atoms with Gasteiger partial charge in [-0.1, -0.05) is 121 Å². The first-order valence-corrected chi connectivity index (χ1v) is 41.2. The lowest BCUT2D eigenvalue weighted by atomic mass is 9.66. The largest absolute Gasteiger partial charge is 0.260 e. The van der Waals surface area contributed by atoms with Gasteiger partial charge in [0.1, 0.15) is 0 Å². The number of hydrogen-bond acceptors (Lipinski definition) is 2. The smallest absolute Gasteiger partial charge is 0.0704 e. The molecule has 33 aromatic rings. The molecule has 33 aromatic carbocycles. The van der Waals surface area contributed by atoms with E-state index >= 15 is 0 Å². The van der Waals surface area contributed by atoms with Crippen molar-refractivity contribution in [1.82, 2.24) is 0 Å². The molecule has 0 aromatic heterocycles. The fourth-order valence-electron chi connectivity index (χ4n) is 36.4. The molecule has 0 heterocycles. The molecule has 110 heavy (non-hydrogen) atoms. The first kappa shape index (κ1) is 46.4. The lowest BCUT2D eigenvalue weighted by Crippen LogP contribution is -2.28. The summed E-state index contributed by atoms with van der Waals surface area (Å²) in [6.45, 7) is 0. The SMILES string of the molecule is C(=Nc1ccc2ccc3cccc4ccc1c2c34)C12CCCc3ccc(cc3)CCCC3(C=Nc4ccc5ccc6cccc7ccc4c5c67)C45c6c7c8c9c%10c%11c%12c%13c%14c%15c%16c(c-7c4c4c7c%17c%18c%19c(c%20c6c9c6c%20c9c%19c%19c%20c%18c%18c7c(c4%16)c4c%15c7c%13c%13c%12c%12c%10c6c6c9c%19c9c(c%126)c%13c6c7c4c%18c%20c69)C%1735)C%141C8%112. The summed E-state index contributed by atoms with van der Waals surface area (Å²) in [5, 5.41) is 92.4. The summed E-state index contributed by atoms with van der Waals surface area (Å²) in [7, 11) is 0. The molecular formula is C108H36N2. The van der Waals surface area contributed by atoms with Gasteiger partial charge in [0.15, 0.2) is 0 Å². The number of rotatable bonds is 4. The van der Waals surface area contributed by atoms with Gasteiger partial charge in [-0.05, 0) is 419 Å². The Morgan fingerprint density at radius 1 is 0.200 bits per heavy atom. The molecule has 0 N–H and O–H groups in total. The van der Waals surface area contributed by atoms with E-state index in [-0.39, 0.29) is 0 Å². The second-order valence-corrected chi connectivity index (χ2v) is 38.9. The third-order valence-electron chi connectivity index (χ3n) is 37.6. The van der Waals surface area contributed by atoms with Crippen LogP contribution >= 0.6 is 0 Å². The van der Waals surface area contributed by atoms with E-state index in [0.29, 0.717) is 0 Å². The number of aryl methyl sites for hydroxylation is 2. The standard InChI is InChI=1S/C108H36N2/c1-7-33-15-17-37-21-25-41(39-23-19-35(9-1)43(33)45(37)39)109-29-103-27-3-5-31-11-13-32(14-12-31)6-4-28-104(30-110-42-26-22-38-18-16-34-8-2-10-36-20-24-40(42)46(38)44(34)36)106-97-83-75-64-56-49-47-48-50-55(49)68(75)76-65-57(50)54-59-52(48)61-60-51(47)58-53(56)62-69-77-66(58)71(60)81-82-72(61)67(59)78-70-63(54)74(65)86-90-80(70)92-88(78)96(82)105(103)95(81)87(77)91-79(69)89(85(97)73(62)64)99(106)93-94(102(92)108(103,105)101(91)93)100(90)107(104,106)98(86)84(76)83/h1-2,7-26,29-30H,3-6,27-28H2. The van der Waals surface area contributed by atoms with Gasteiger partial charge in [-0.25, -0.2) is 0 Å². The molecule has 14 aliphatic rings. The summed E-state index contributed by atoms with van der Waals surface area (Å²) >= 11 is 0. The summed E-state index contributed by atoms with van der Waals surface area (Å²) in [4.78, 5) is 13.1. The Hall–Kier alpha value is -12.9.